The normalized spacial score (nSPS) is 14.7. The van der Waals surface area contributed by atoms with Crippen LogP contribution in [0, 0.1) is 0 Å². The van der Waals surface area contributed by atoms with Crippen molar-refractivity contribution in [2.75, 3.05) is 18.0 Å². The molecule has 21 heavy (non-hydrogen) atoms. The van der Waals surface area contributed by atoms with Crippen molar-refractivity contribution in [1.82, 2.24) is 9.97 Å². The summed E-state index contributed by atoms with van der Waals surface area (Å²) in [5, 5.41) is 2.33. The van der Waals surface area contributed by atoms with Crippen LogP contribution < -0.4 is 4.90 Å². The van der Waals surface area contributed by atoms with Crippen LogP contribution in [0.2, 0.25) is 10.0 Å². The first-order valence-corrected chi connectivity index (χ1v) is 8.60. The van der Waals surface area contributed by atoms with Gasteiger partial charge in [0.2, 0.25) is 0 Å². The summed E-state index contributed by atoms with van der Waals surface area (Å²) in [6.07, 6.45) is 4.12. The number of halogens is 2. The van der Waals surface area contributed by atoms with Crippen molar-refractivity contribution in [1.29, 1.82) is 0 Å². The van der Waals surface area contributed by atoms with E-state index in [1.54, 1.807) is 24.2 Å². The molecule has 0 unspecified atom stereocenters. The van der Waals surface area contributed by atoms with Crippen LogP contribution in [0.3, 0.4) is 0 Å². The third-order valence-corrected chi connectivity index (χ3v) is 5.01. The van der Waals surface area contributed by atoms with Crippen molar-refractivity contribution in [3.63, 3.8) is 0 Å². The Morgan fingerprint density at radius 1 is 1.10 bits per heavy atom. The molecule has 3 rings (SSSR count). The lowest BCUT2D eigenvalue weighted by atomic mass is 10.2. The largest absolute Gasteiger partial charge is 0.356 e. The molecular weight excluding hydrogens is 325 g/mol. The Kier molecular flexibility index (Phi) is 4.88. The number of hydrogen-bond acceptors (Lipinski definition) is 4. The molecular formula is C15H15Cl2N3S. The molecule has 0 amide bonds. The van der Waals surface area contributed by atoms with Crippen LogP contribution in [0.5, 0.6) is 0 Å². The number of nitrogens with zero attached hydrogens (tertiary/aromatic N) is 3. The maximum Gasteiger partial charge on any atom is 0.133 e. The minimum atomic E-state index is 0.659. The second kappa shape index (κ2) is 6.86. The number of anilines is 1. The molecule has 0 radical (unpaired) electrons. The Hall–Kier alpha value is -0.970. The van der Waals surface area contributed by atoms with Crippen LogP contribution in [0.4, 0.5) is 5.82 Å². The average Bonchev–Trinajstić information content (AvgIpc) is 3.01. The van der Waals surface area contributed by atoms with Crippen LogP contribution in [-0.2, 0) is 5.75 Å². The molecule has 1 saturated heterocycles. The first-order valence-electron chi connectivity index (χ1n) is 6.86. The second-order valence-electron chi connectivity index (χ2n) is 4.93. The van der Waals surface area contributed by atoms with Gasteiger partial charge in [-0.05, 0) is 30.5 Å². The third kappa shape index (κ3) is 3.82. The highest BCUT2D eigenvalue weighted by Gasteiger charge is 2.14. The fourth-order valence-corrected chi connectivity index (χ4v) is 3.74. The van der Waals surface area contributed by atoms with E-state index in [0.717, 1.165) is 35.2 Å². The van der Waals surface area contributed by atoms with E-state index in [0.29, 0.717) is 10.0 Å². The maximum atomic E-state index is 6.19. The minimum absolute atomic E-state index is 0.659. The van der Waals surface area contributed by atoms with Crippen molar-refractivity contribution in [2.24, 2.45) is 0 Å². The zero-order valence-corrected chi connectivity index (χ0v) is 13.8. The number of hydrogen-bond donors (Lipinski definition) is 0. The van der Waals surface area contributed by atoms with Gasteiger partial charge in [-0.3, -0.25) is 0 Å². The van der Waals surface area contributed by atoms with E-state index >= 15 is 0 Å². The summed E-state index contributed by atoms with van der Waals surface area (Å²) in [4.78, 5) is 11.0. The summed E-state index contributed by atoms with van der Waals surface area (Å²) in [6.45, 7) is 2.17. The van der Waals surface area contributed by atoms with Gasteiger partial charge in [-0.1, -0.05) is 29.3 Å². The Morgan fingerprint density at radius 3 is 2.67 bits per heavy atom. The van der Waals surface area contributed by atoms with Crippen molar-refractivity contribution in [3.05, 3.63) is 46.2 Å². The molecule has 6 heteroatoms. The Labute approximate surface area is 138 Å². The van der Waals surface area contributed by atoms with E-state index in [9.17, 15) is 0 Å². The van der Waals surface area contributed by atoms with E-state index in [1.165, 1.54) is 12.8 Å². The highest BCUT2D eigenvalue weighted by atomic mass is 35.5. The summed E-state index contributed by atoms with van der Waals surface area (Å²) in [5.74, 6) is 1.79. The lowest BCUT2D eigenvalue weighted by Gasteiger charge is -2.16. The molecule has 1 aliphatic heterocycles. The number of benzene rings is 1. The fourth-order valence-electron chi connectivity index (χ4n) is 2.32. The first kappa shape index (κ1) is 14.9. The van der Waals surface area contributed by atoms with Gasteiger partial charge >= 0.3 is 0 Å². The van der Waals surface area contributed by atoms with Gasteiger partial charge in [-0.2, -0.15) is 0 Å². The summed E-state index contributed by atoms with van der Waals surface area (Å²) >= 11 is 13.8. The smallest absolute Gasteiger partial charge is 0.133 e. The predicted octanol–water partition coefficient (Wildman–Crippen LogP) is 4.68. The van der Waals surface area contributed by atoms with Gasteiger partial charge in [0.25, 0.3) is 0 Å². The molecule has 1 aromatic carbocycles. The lowest BCUT2D eigenvalue weighted by molar-refractivity contribution is 0.908. The lowest BCUT2D eigenvalue weighted by Crippen LogP contribution is -2.18. The summed E-state index contributed by atoms with van der Waals surface area (Å²) in [7, 11) is 0. The van der Waals surface area contributed by atoms with Gasteiger partial charge in [0.15, 0.2) is 0 Å². The van der Waals surface area contributed by atoms with Crippen molar-refractivity contribution >= 4 is 40.8 Å². The molecule has 1 aliphatic rings. The van der Waals surface area contributed by atoms with Crippen molar-refractivity contribution in [2.45, 2.75) is 23.6 Å². The van der Waals surface area contributed by atoms with Gasteiger partial charge in [-0.25, -0.2) is 9.97 Å². The Morgan fingerprint density at radius 2 is 1.90 bits per heavy atom. The Balaban J connectivity index is 1.68. The van der Waals surface area contributed by atoms with Crippen LogP contribution in [0.25, 0.3) is 0 Å². The van der Waals surface area contributed by atoms with E-state index in [-0.39, 0.29) is 0 Å². The summed E-state index contributed by atoms with van der Waals surface area (Å²) in [5.41, 5.74) is 1.06. The van der Waals surface area contributed by atoms with Gasteiger partial charge < -0.3 is 4.90 Å². The van der Waals surface area contributed by atoms with Crippen molar-refractivity contribution < 1.29 is 0 Å². The van der Waals surface area contributed by atoms with Crippen molar-refractivity contribution in [3.8, 4) is 0 Å². The fraction of sp³-hybridized carbons (Fsp3) is 0.333. The zero-order chi connectivity index (χ0) is 14.7. The molecule has 0 aliphatic carbocycles. The average molecular weight is 340 g/mol. The zero-order valence-electron chi connectivity index (χ0n) is 11.4. The van der Waals surface area contributed by atoms with E-state index in [1.807, 2.05) is 12.1 Å². The number of thioether (sulfide) groups is 1. The van der Waals surface area contributed by atoms with Crippen LogP contribution in [0.1, 0.15) is 18.4 Å². The third-order valence-electron chi connectivity index (χ3n) is 3.45. The molecule has 1 aromatic heterocycles. The molecule has 0 N–H and O–H groups in total. The first-order chi connectivity index (χ1) is 10.2. The minimum Gasteiger partial charge on any atom is -0.356 e. The number of aromatic nitrogens is 2. The predicted molar refractivity (Wildman–Crippen MR) is 89.5 cm³/mol. The van der Waals surface area contributed by atoms with Gasteiger partial charge in [0, 0.05) is 35.0 Å². The molecule has 0 atom stereocenters. The SMILES string of the molecule is Clc1ccc(CSc2cc(N3CCCC3)ncn2)c(Cl)c1. The van der Waals surface area contributed by atoms with Gasteiger partial charge in [0.05, 0.1) is 0 Å². The molecule has 3 nitrogen and oxygen atoms in total. The molecule has 1 fully saturated rings. The molecule has 110 valence electrons. The topological polar surface area (TPSA) is 29.0 Å². The van der Waals surface area contributed by atoms with Gasteiger partial charge in [0.1, 0.15) is 17.2 Å². The van der Waals surface area contributed by atoms with Gasteiger partial charge in [-0.15, -0.1) is 11.8 Å². The molecule has 0 saturated carbocycles. The standard InChI is InChI=1S/C15H15Cl2N3S/c16-12-4-3-11(13(17)7-12)9-21-15-8-14(18-10-19-15)20-5-1-2-6-20/h3-4,7-8,10H,1-2,5-6,9H2. The number of rotatable bonds is 4. The summed E-state index contributed by atoms with van der Waals surface area (Å²) < 4.78 is 0. The van der Waals surface area contributed by atoms with E-state index in [4.69, 9.17) is 23.2 Å². The molecule has 2 heterocycles. The highest BCUT2D eigenvalue weighted by molar-refractivity contribution is 7.98. The van der Waals surface area contributed by atoms with E-state index < -0.39 is 0 Å². The van der Waals surface area contributed by atoms with Crippen LogP contribution in [-0.4, -0.2) is 23.1 Å². The Bertz CT molecular complexity index is 630. The quantitative estimate of drug-likeness (QED) is 0.597. The molecule has 0 spiro atoms. The summed E-state index contributed by atoms with van der Waals surface area (Å²) in [6, 6.07) is 7.65. The van der Waals surface area contributed by atoms with Crippen LogP contribution in [0.15, 0.2) is 35.6 Å². The monoisotopic (exact) mass is 339 g/mol. The molecule has 0 bridgehead atoms. The highest BCUT2D eigenvalue weighted by Crippen LogP contribution is 2.29. The van der Waals surface area contributed by atoms with E-state index in [2.05, 4.69) is 20.9 Å². The maximum absolute atomic E-state index is 6.19. The second-order valence-corrected chi connectivity index (χ2v) is 6.77. The van der Waals surface area contributed by atoms with Crippen LogP contribution >= 0.6 is 35.0 Å². The molecule has 2 aromatic rings.